The van der Waals surface area contributed by atoms with E-state index in [1.807, 2.05) is 0 Å². The van der Waals surface area contributed by atoms with Gasteiger partial charge in [0, 0.05) is 37.6 Å². The molecule has 0 atom stereocenters. The summed E-state index contributed by atoms with van der Waals surface area (Å²) in [5, 5.41) is 2.69. The second-order valence-corrected chi connectivity index (χ2v) is 6.13. The Kier molecular flexibility index (Phi) is 5.67. The molecule has 3 rings (SSSR count). The number of nitrogens with one attached hydrogen (secondary N) is 1. The monoisotopic (exact) mass is 403 g/mol. The van der Waals surface area contributed by atoms with E-state index in [4.69, 9.17) is 0 Å². The standard InChI is InChI=1S/C20H16F3N3O3/c1-26-12-14(6-8-18(26)27)19(28)25-11-13-5-7-15(29-20(21,22)23)10-16(13)17-4-2-3-9-24-17/h2-10,12H,11H2,1H3,(H,25,28). The average Bonchev–Trinajstić information content (AvgIpc) is 2.68. The van der Waals surface area contributed by atoms with Gasteiger partial charge in [0.2, 0.25) is 5.56 Å². The van der Waals surface area contributed by atoms with Crippen LogP contribution in [0.5, 0.6) is 5.75 Å². The normalized spacial score (nSPS) is 11.2. The molecule has 0 saturated heterocycles. The van der Waals surface area contributed by atoms with E-state index < -0.39 is 12.3 Å². The number of amides is 1. The zero-order valence-electron chi connectivity index (χ0n) is 15.2. The van der Waals surface area contributed by atoms with E-state index in [1.54, 1.807) is 18.2 Å². The number of aryl methyl sites for hydroxylation is 1. The highest BCUT2D eigenvalue weighted by molar-refractivity contribution is 5.93. The molecule has 9 heteroatoms. The van der Waals surface area contributed by atoms with Crippen molar-refractivity contribution in [3.05, 3.63) is 82.4 Å². The number of carbonyl (C=O) groups excluding carboxylic acids is 1. The van der Waals surface area contributed by atoms with Crippen molar-refractivity contribution in [1.29, 1.82) is 0 Å². The fraction of sp³-hybridized carbons (Fsp3) is 0.150. The molecule has 29 heavy (non-hydrogen) atoms. The van der Waals surface area contributed by atoms with Gasteiger partial charge in [0.15, 0.2) is 0 Å². The number of alkyl halides is 3. The number of hydrogen-bond donors (Lipinski definition) is 1. The summed E-state index contributed by atoms with van der Waals surface area (Å²) in [5.41, 5.74) is 1.42. The second-order valence-electron chi connectivity index (χ2n) is 6.13. The number of rotatable bonds is 5. The van der Waals surface area contributed by atoms with Gasteiger partial charge >= 0.3 is 6.36 Å². The van der Waals surface area contributed by atoms with Crippen LogP contribution in [0.25, 0.3) is 11.3 Å². The van der Waals surface area contributed by atoms with Crippen molar-refractivity contribution >= 4 is 5.91 Å². The Morgan fingerprint density at radius 2 is 1.97 bits per heavy atom. The van der Waals surface area contributed by atoms with E-state index in [9.17, 15) is 22.8 Å². The molecule has 2 heterocycles. The number of hydrogen-bond acceptors (Lipinski definition) is 4. The van der Waals surface area contributed by atoms with Crippen LogP contribution in [0.4, 0.5) is 13.2 Å². The highest BCUT2D eigenvalue weighted by Crippen LogP contribution is 2.30. The molecular weight excluding hydrogens is 387 g/mol. The Labute approximate surface area is 163 Å². The molecule has 2 aromatic heterocycles. The third-order valence-electron chi connectivity index (χ3n) is 4.04. The first-order valence-electron chi connectivity index (χ1n) is 8.48. The molecule has 150 valence electrons. The number of pyridine rings is 2. The van der Waals surface area contributed by atoms with Gasteiger partial charge in [0.05, 0.1) is 11.3 Å². The molecule has 3 aromatic rings. The zero-order valence-corrected chi connectivity index (χ0v) is 15.2. The topological polar surface area (TPSA) is 73.2 Å². The van der Waals surface area contributed by atoms with Crippen LogP contribution >= 0.6 is 0 Å². The zero-order chi connectivity index (χ0) is 21.0. The van der Waals surface area contributed by atoms with Crippen LogP contribution in [0.2, 0.25) is 0 Å². The molecule has 0 bridgehead atoms. The number of nitrogens with zero attached hydrogens (tertiary/aromatic N) is 2. The van der Waals surface area contributed by atoms with Gasteiger partial charge in [-0.2, -0.15) is 0 Å². The van der Waals surface area contributed by atoms with Crippen LogP contribution < -0.4 is 15.6 Å². The van der Waals surface area contributed by atoms with Crippen molar-refractivity contribution < 1.29 is 22.7 Å². The minimum absolute atomic E-state index is 0.0415. The van der Waals surface area contributed by atoms with Gasteiger partial charge in [-0.3, -0.25) is 14.6 Å². The van der Waals surface area contributed by atoms with Crippen LogP contribution in [0.15, 0.2) is 65.7 Å². The van der Waals surface area contributed by atoms with E-state index in [-0.39, 0.29) is 23.4 Å². The lowest BCUT2D eigenvalue weighted by molar-refractivity contribution is -0.274. The fourth-order valence-electron chi connectivity index (χ4n) is 2.67. The summed E-state index contributed by atoms with van der Waals surface area (Å²) in [6.45, 7) is 0.0415. The molecule has 0 unspecified atom stereocenters. The number of ether oxygens (including phenoxy) is 1. The molecule has 1 N–H and O–H groups in total. The van der Waals surface area contributed by atoms with Crippen molar-refractivity contribution in [2.75, 3.05) is 0 Å². The van der Waals surface area contributed by atoms with Gasteiger partial charge in [-0.25, -0.2) is 0 Å². The van der Waals surface area contributed by atoms with E-state index >= 15 is 0 Å². The molecular formula is C20H16F3N3O3. The van der Waals surface area contributed by atoms with Crippen molar-refractivity contribution in [3.63, 3.8) is 0 Å². The van der Waals surface area contributed by atoms with Gasteiger partial charge in [0.25, 0.3) is 5.91 Å². The summed E-state index contributed by atoms with van der Waals surface area (Å²) in [7, 11) is 1.53. The first-order chi connectivity index (χ1) is 13.7. The number of carbonyl (C=O) groups is 1. The van der Waals surface area contributed by atoms with Crippen molar-refractivity contribution in [2.24, 2.45) is 7.05 Å². The van der Waals surface area contributed by atoms with Crippen LogP contribution in [0.1, 0.15) is 15.9 Å². The molecule has 0 aliphatic carbocycles. The van der Waals surface area contributed by atoms with Gasteiger partial charge < -0.3 is 14.6 Å². The number of benzene rings is 1. The van der Waals surface area contributed by atoms with E-state index in [2.05, 4.69) is 15.0 Å². The Hall–Kier alpha value is -3.62. The maximum Gasteiger partial charge on any atom is 0.573 e. The van der Waals surface area contributed by atoms with Gasteiger partial charge in [-0.1, -0.05) is 12.1 Å². The molecule has 0 radical (unpaired) electrons. The first kappa shape index (κ1) is 20.1. The molecule has 1 amide bonds. The summed E-state index contributed by atoms with van der Waals surface area (Å²) in [6, 6.07) is 11.5. The van der Waals surface area contributed by atoms with Crippen molar-refractivity contribution in [2.45, 2.75) is 12.9 Å². The lowest BCUT2D eigenvalue weighted by Gasteiger charge is -2.14. The molecule has 0 spiro atoms. The Bertz CT molecular complexity index is 1080. The van der Waals surface area contributed by atoms with E-state index in [1.165, 1.54) is 54.3 Å². The maximum absolute atomic E-state index is 12.6. The third-order valence-corrected chi connectivity index (χ3v) is 4.04. The van der Waals surface area contributed by atoms with Crippen LogP contribution in [-0.4, -0.2) is 21.8 Å². The predicted octanol–water partition coefficient (Wildman–Crippen LogP) is 3.28. The van der Waals surface area contributed by atoms with Crippen molar-refractivity contribution in [3.8, 4) is 17.0 Å². The van der Waals surface area contributed by atoms with Crippen LogP contribution in [0, 0.1) is 0 Å². The van der Waals surface area contributed by atoms with Crippen molar-refractivity contribution in [1.82, 2.24) is 14.9 Å². The van der Waals surface area contributed by atoms with Gasteiger partial charge in [-0.05, 0) is 35.9 Å². The van der Waals surface area contributed by atoms with Crippen LogP contribution in [0.3, 0.4) is 0 Å². The minimum Gasteiger partial charge on any atom is -0.406 e. The average molecular weight is 403 g/mol. The van der Waals surface area contributed by atoms with Gasteiger partial charge in [-0.15, -0.1) is 13.2 Å². The quantitative estimate of drug-likeness (QED) is 0.710. The molecule has 0 aliphatic heterocycles. The predicted molar refractivity (Wildman–Crippen MR) is 99.2 cm³/mol. The molecule has 1 aromatic carbocycles. The molecule has 6 nitrogen and oxygen atoms in total. The lowest BCUT2D eigenvalue weighted by atomic mass is 10.0. The van der Waals surface area contributed by atoms with Crippen LogP contribution in [-0.2, 0) is 13.6 Å². The fourth-order valence-corrected chi connectivity index (χ4v) is 2.67. The summed E-state index contributed by atoms with van der Waals surface area (Å²) >= 11 is 0. The molecule has 0 fully saturated rings. The summed E-state index contributed by atoms with van der Waals surface area (Å²) in [5.74, 6) is -0.811. The molecule has 0 aliphatic rings. The summed E-state index contributed by atoms with van der Waals surface area (Å²) in [4.78, 5) is 28.0. The smallest absolute Gasteiger partial charge is 0.406 e. The third kappa shape index (κ3) is 5.22. The van der Waals surface area contributed by atoms with Gasteiger partial charge in [0.1, 0.15) is 5.75 Å². The number of halogens is 3. The Morgan fingerprint density at radius 3 is 2.62 bits per heavy atom. The lowest BCUT2D eigenvalue weighted by Crippen LogP contribution is -2.25. The highest BCUT2D eigenvalue weighted by atomic mass is 19.4. The number of aromatic nitrogens is 2. The van der Waals surface area contributed by atoms with E-state index in [0.29, 0.717) is 16.8 Å². The Balaban J connectivity index is 1.86. The second kappa shape index (κ2) is 8.17. The molecule has 0 saturated carbocycles. The first-order valence-corrected chi connectivity index (χ1v) is 8.48. The SMILES string of the molecule is Cn1cc(C(=O)NCc2ccc(OC(F)(F)F)cc2-c2ccccn2)ccc1=O. The maximum atomic E-state index is 12.6. The summed E-state index contributed by atoms with van der Waals surface area (Å²) < 4.78 is 42.9. The highest BCUT2D eigenvalue weighted by Gasteiger charge is 2.31. The largest absolute Gasteiger partial charge is 0.573 e. The minimum atomic E-state index is -4.82. The van der Waals surface area contributed by atoms with E-state index in [0.717, 1.165) is 0 Å². The Morgan fingerprint density at radius 1 is 1.17 bits per heavy atom. The summed E-state index contributed by atoms with van der Waals surface area (Å²) in [6.07, 6.45) is -1.91.